The van der Waals surface area contributed by atoms with Gasteiger partial charge in [-0.05, 0) is 31.6 Å². The van der Waals surface area contributed by atoms with Crippen molar-refractivity contribution in [3.05, 3.63) is 11.6 Å². The highest BCUT2D eigenvalue weighted by molar-refractivity contribution is 5.06. The van der Waals surface area contributed by atoms with Crippen molar-refractivity contribution in [2.24, 2.45) is 5.92 Å². The van der Waals surface area contributed by atoms with Gasteiger partial charge in [0.15, 0.2) is 0 Å². The lowest BCUT2D eigenvalue weighted by Crippen LogP contribution is -1.98. The highest BCUT2D eigenvalue weighted by Crippen LogP contribution is 2.23. The Morgan fingerprint density at radius 2 is 1.33 bits per heavy atom. The molecule has 0 aromatic rings. The molecule has 0 aliphatic heterocycles. The normalized spacial score (nSPS) is 21.7. The second-order valence-electron chi connectivity index (χ2n) is 5.30. The van der Waals surface area contributed by atoms with Crippen molar-refractivity contribution in [3.63, 3.8) is 0 Å². The maximum Gasteiger partial charge on any atom is -0.0260 e. The Balaban J connectivity index is 0.000000162. The first-order valence-electron chi connectivity index (χ1n) is 6.99. The summed E-state index contributed by atoms with van der Waals surface area (Å²) in [4.78, 5) is 0. The van der Waals surface area contributed by atoms with Crippen LogP contribution < -0.4 is 0 Å². The molecule has 0 N–H and O–H groups in total. The molecule has 0 heterocycles. The van der Waals surface area contributed by atoms with E-state index < -0.39 is 0 Å². The molecular weight excluding hydrogens is 180 g/mol. The van der Waals surface area contributed by atoms with E-state index in [1.807, 2.05) is 0 Å². The van der Waals surface area contributed by atoms with E-state index in [1.165, 1.54) is 64.2 Å². The van der Waals surface area contributed by atoms with Gasteiger partial charge in [0.2, 0.25) is 0 Å². The Morgan fingerprint density at radius 3 is 1.60 bits per heavy atom. The van der Waals surface area contributed by atoms with Gasteiger partial charge in [0, 0.05) is 0 Å². The topological polar surface area (TPSA) is 0 Å². The number of hydrogen-bond acceptors (Lipinski definition) is 0. The molecule has 0 saturated heterocycles. The zero-order valence-corrected chi connectivity index (χ0v) is 10.7. The summed E-state index contributed by atoms with van der Waals surface area (Å²) in [5.41, 5.74) is 1.68. The van der Waals surface area contributed by atoms with E-state index >= 15 is 0 Å². The molecule has 15 heavy (non-hydrogen) atoms. The fourth-order valence-electron chi connectivity index (χ4n) is 2.45. The van der Waals surface area contributed by atoms with Crippen molar-refractivity contribution in [3.8, 4) is 0 Å². The molecule has 0 unspecified atom stereocenters. The minimum Gasteiger partial charge on any atom is -0.0851 e. The van der Waals surface area contributed by atoms with Crippen LogP contribution in [0, 0.1) is 5.92 Å². The van der Waals surface area contributed by atoms with Crippen LogP contribution in [0.4, 0.5) is 0 Å². The van der Waals surface area contributed by atoms with Crippen LogP contribution in [0.5, 0.6) is 0 Å². The van der Waals surface area contributed by atoms with Gasteiger partial charge in [0.25, 0.3) is 0 Å². The highest BCUT2D eigenvalue weighted by Gasteiger charge is 2.05. The highest BCUT2D eigenvalue weighted by atomic mass is 14.1. The molecule has 0 atom stereocenters. The second kappa shape index (κ2) is 7.96. The monoisotopic (exact) mass is 208 g/mol. The molecule has 1 saturated carbocycles. The van der Waals surface area contributed by atoms with Gasteiger partial charge in [0.05, 0.1) is 0 Å². The van der Waals surface area contributed by atoms with E-state index in [9.17, 15) is 0 Å². The van der Waals surface area contributed by atoms with Crippen LogP contribution in [0.25, 0.3) is 0 Å². The van der Waals surface area contributed by atoms with E-state index in [2.05, 4.69) is 19.9 Å². The Kier molecular flexibility index (Phi) is 6.80. The van der Waals surface area contributed by atoms with Gasteiger partial charge in [-0.25, -0.2) is 0 Å². The van der Waals surface area contributed by atoms with Gasteiger partial charge in [-0.15, -0.1) is 0 Å². The van der Waals surface area contributed by atoms with Crippen LogP contribution in [0.3, 0.4) is 0 Å². The quantitative estimate of drug-likeness (QED) is 0.500. The summed E-state index contributed by atoms with van der Waals surface area (Å²) in [7, 11) is 0. The molecular formula is C15H28. The molecule has 0 aromatic carbocycles. The summed E-state index contributed by atoms with van der Waals surface area (Å²) in [5.74, 6) is 0.797. The van der Waals surface area contributed by atoms with Gasteiger partial charge in [-0.1, -0.05) is 64.0 Å². The van der Waals surface area contributed by atoms with Gasteiger partial charge in [-0.2, -0.15) is 0 Å². The average Bonchev–Trinajstić information content (AvgIpc) is 2.33. The molecule has 88 valence electrons. The predicted octanol–water partition coefficient (Wildman–Crippen LogP) is 5.48. The minimum atomic E-state index is 0.797. The van der Waals surface area contributed by atoms with Crippen molar-refractivity contribution in [2.45, 2.75) is 78.1 Å². The van der Waals surface area contributed by atoms with Crippen molar-refractivity contribution in [1.29, 1.82) is 0 Å². The Morgan fingerprint density at radius 1 is 0.800 bits per heavy atom. The molecule has 0 nitrogen and oxygen atoms in total. The zero-order valence-electron chi connectivity index (χ0n) is 10.7. The maximum atomic E-state index is 2.42. The molecule has 2 aliphatic carbocycles. The molecule has 2 rings (SSSR count). The van der Waals surface area contributed by atoms with Crippen molar-refractivity contribution >= 4 is 0 Å². The molecule has 0 aromatic heterocycles. The average molecular weight is 208 g/mol. The van der Waals surface area contributed by atoms with E-state index in [-0.39, 0.29) is 0 Å². The largest absolute Gasteiger partial charge is 0.0851 e. The minimum absolute atomic E-state index is 0.797. The molecule has 0 amide bonds. The van der Waals surface area contributed by atoms with Crippen LogP contribution in [0.15, 0.2) is 11.6 Å². The first-order valence-corrected chi connectivity index (χ1v) is 6.99. The molecule has 0 heteroatoms. The van der Waals surface area contributed by atoms with Crippen molar-refractivity contribution < 1.29 is 0 Å². The Labute approximate surface area is 96.2 Å². The molecule has 0 bridgehead atoms. The standard InChI is InChI=1S/C9H16.C6H12/c1-8(2)9-6-4-3-5-7-9;1-2-4-6-5-3-1/h6,8H,3-5,7H2,1-2H3;1-6H2. The van der Waals surface area contributed by atoms with E-state index in [0.29, 0.717) is 0 Å². The van der Waals surface area contributed by atoms with Gasteiger partial charge in [0.1, 0.15) is 0 Å². The zero-order chi connectivity index (χ0) is 10.9. The predicted molar refractivity (Wildman–Crippen MR) is 69.1 cm³/mol. The van der Waals surface area contributed by atoms with Crippen LogP contribution in [-0.2, 0) is 0 Å². The number of hydrogen-bond donors (Lipinski definition) is 0. The molecule has 0 spiro atoms. The Hall–Kier alpha value is -0.260. The van der Waals surface area contributed by atoms with Gasteiger partial charge < -0.3 is 0 Å². The van der Waals surface area contributed by atoms with Crippen LogP contribution in [-0.4, -0.2) is 0 Å². The fourth-order valence-corrected chi connectivity index (χ4v) is 2.45. The summed E-state index contributed by atoms with van der Waals surface area (Å²) in [6, 6.07) is 0. The molecule has 1 fully saturated rings. The van der Waals surface area contributed by atoms with E-state index in [0.717, 1.165) is 5.92 Å². The summed E-state index contributed by atoms with van der Waals surface area (Å²) in [6.45, 7) is 4.58. The van der Waals surface area contributed by atoms with Crippen LogP contribution in [0.1, 0.15) is 78.1 Å². The second-order valence-corrected chi connectivity index (χ2v) is 5.30. The first kappa shape index (κ1) is 12.8. The van der Waals surface area contributed by atoms with Crippen LogP contribution in [0.2, 0.25) is 0 Å². The Bertz CT molecular complexity index is 161. The lowest BCUT2D eigenvalue weighted by Gasteiger charge is -2.15. The van der Waals surface area contributed by atoms with E-state index in [1.54, 1.807) is 5.57 Å². The SMILES string of the molecule is C1CCCCC1.CC(C)C1=CCCCC1. The summed E-state index contributed by atoms with van der Waals surface area (Å²) in [5, 5.41) is 0. The maximum absolute atomic E-state index is 2.42. The third-order valence-corrected chi connectivity index (χ3v) is 3.57. The lowest BCUT2D eigenvalue weighted by molar-refractivity contribution is 0.504. The molecule has 2 aliphatic rings. The third kappa shape index (κ3) is 6.02. The summed E-state index contributed by atoms with van der Waals surface area (Å²) in [6.07, 6.45) is 16.9. The number of allylic oxidation sites excluding steroid dienone is 2. The van der Waals surface area contributed by atoms with E-state index in [4.69, 9.17) is 0 Å². The first-order chi connectivity index (χ1) is 7.30. The smallest absolute Gasteiger partial charge is 0.0260 e. The van der Waals surface area contributed by atoms with Gasteiger partial charge >= 0.3 is 0 Å². The fraction of sp³-hybridized carbons (Fsp3) is 0.867. The number of rotatable bonds is 1. The summed E-state index contributed by atoms with van der Waals surface area (Å²) < 4.78 is 0. The lowest BCUT2D eigenvalue weighted by atomic mass is 9.92. The van der Waals surface area contributed by atoms with Crippen molar-refractivity contribution in [2.75, 3.05) is 0 Å². The van der Waals surface area contributed by atoms with Gasteiger partial charge in [-0.3, -0.25) is 0 Å². The van der Waals surface area contributed by atoms with Crippen molar-refractivity contribution in [1.82, 2.24) is 0 Å². The van der Waals surface area contributed by atoms with Crippen LogP contribution >= 0.6 is 0 Å². The summed E-state index contributed by atoms with van der Waals surface area (Å²) >= 11 is 0. The molecule has 0 radical (unpaired) electrons. The third-order valence-electron chi connectivity index (χ3n) is 3.57.